The number of carbonyl (C=O) groups excluding carboxylic acids is 4. The van der Waals surface area contributed by atoms with Gasteiger partial charge < -0.3 is 33.8 Å². The highest BCUT2D eigenvalue weighted by Crippen LogP contribution is 2.45. The maximum Gasteiger partial charge on any atom is 0.472 e. The number of phosphoric ester groups is 2. The molecule has 0 aromatic heterocycles. The van der Waals surface area contributed by atoms with Crippen LogP contribution in [0.25, 0.3) is 0 Å². The van der Waals surface area contributed by atoms with Crippen molar-refractivity contribution in [1.29, 1.82) is 0 Å². The smallest absolute Gasteiger partial charge is 0.462 e. The van der Waals surface area contributed by atoms with Gasteiger partial charge in [-0.15, -0.1) is 0 Å². The van der Waals surface area contributed by atoms with Gasteiger partial charge in [0.25, 0.3) is 0 Å². The zero-order valence-electron chi connectivity index (χ0n) is 69.6. The van der Waals surface area contributed by atoms with Crippen LogP contribution in [0.3, 0.4) is 0 Å². The third-order valence-electron chi connectivity index (χ3n) is 20.5. The van der Waals surface area contributed by atoms with Crippen molar-refractivity contribution in [3.63, 3.8) is 0 Å². The zero-order valence-corrected chi connectivity index (χ0v) is 71.4. The molecule has 2 unspecified atom stereocenters. The van der Waals surface area contributed by atoms with E-state index >= 15 is 0 Å². The second kappa shape index (κ2) is 79.7. The first kappa shape index (κ1) is 104. The molecule has 0 aliphatic carbocycles. The minimum atomic E-state index is -4.97. The van der Waals surface area contributed by atoms with Crippen molar-refractivity contribution in [2.24, 2.45) is 5.92 Å². The highest BCUT2D eigenvalue weighted by molar-refractivity contribution is 7.47. The third kappa shape index (κ3) is 80.1. The number of phosphoric acid groups is 2. The summed E-state index contributed by atoms with van der Waals surface area (Å²) in [6.07, 6.45) is 73.8. The van der Waals surface area contributed by atoms with Gasteiger partial charge in [0, 0.05) is 25.7 Å². The van der Waals surface area contributed by atoms with Gasteiger partial charge in [0.1, 0.15) is 19.3 Å². The van der Waals surface area contributed by atoms with E-state index in [1.54, 1.807) is 0 Å². The Morgan fingerprint density at radius 3 is 0.642 bits per heavy atom. The van der Waals surface area contributed by atoms with Crippen LogP contribution in [0, 0.1) is 5.92 Å². The van der Waals surface area contributed by atoms with Gasteiger partial charge in [-0.3, -0.25) is 37.3 Å². The minimum Gasteiger partial charge on any atom is -0.462 e. The first-order chi connectivity index (χ1) is 51.5. The Morgan fingerprint density at radius 1 is 0.255 bits per heavy atom. The van der Waals surface area contributed by atoms with Crippen LogP contribution < -0.4 is 0 Å². The number of ether oxygens (including phenoxy) is 4. The second-order valence-corrected chi connectivity index (χ2v) is 34.7. The summed E-state index contributed by atoms with van der Waals surface area (Å²) >= 11 is 0. The van der Waals surface area contributed by atoms with Gasteiger partial charge in [-0.05, 0) is 31.6 Å². The van der Waals surface area contributed by atoms with Crippen LogP contribution in [0.5, 0.6) is 0 Å². The normalized spacial score (nSPS) is 13.7. The lowest BCUT2D eigenvalue weighted by molar-refractivity contribution is -0.161. The molecule has 0 saturated heterocycles. The molecule has 0 aliphatic rings. The molecule has 0 spiro atoms. The molecule has 0 rings (SSSR count). The van der Waals surface area contributed by atoms with Gasteiger partial charge in [-0.2, -0.15) is 0 Å². The molecule has 17 nitrogen and oxygen atoms in total. The van der Waals surface area contributed by atoms with Crippen molar-refractivity contribution >= 4 is 39.5 Å². The first-order valence-corrected chi connectivity index (χ1v) is 48.1. The predicted molar refractivity (Wildman–Crippen MR) is 437 cm³/mol. The van der Waals surface area contributed by atoms with Crippen LogP contribution in [-0.4, -0.2) is 96.7 Å². The van der Waals surface area contributed by atoms with Crippen molar-refractivity contribution in [3.05, 3.63) is 0 Å². The molecule has 0 aromatic rings. The van der Waals surface area contributed by atoms with Gasteiger partial charge in [-0.25, -0.2) is 9.13 Å². The summed E-state index contributed by atoms with van der Waals surface area (Å²) in [5, 5.41) is 10.7. The van der Waals surface area contributed by atoms with Crippen molar-refractivity contribution in [2.75, 3.05) is 39.6 Å². The molecule has 0 amide bonds. The molecule has 106 heavy (non-hydrogen) atoms. The average Bonchev–Trinajstić information content (AvgIpc) is 0.901. The number of rotatable bonds is 87. The molecule has 0 saturated carbocycles. The van der Waals surface area contributed by atoms with Crippen LogP contribution >= 0.6 is 15.6 Å². The van der Waals surface area contributed by atoms with E-state index in [0.717, 1.165) is 95.8 Å². The molecular formula is C87H170O17P2. The van der Waals surface area contributed by atoms with E-state index in [1.807, 2.05) is 0 Å². The minimum absolute atomic E-state index is 0.107. The van der Waals surface area contributed by atoms with E-state index in [0.29, 0.717) is 25.7 Å². The number of hydrogen-bond donors (Lipinski definition) is 3. The first-order valence-electron chi connectivity index (χ1n) is 45.1. The number of hydrogen-bond acceptors (Lipinski definition) is 15. The topological polar surface area (TPSA) is 237 Å². The van der Waals surface area contributed by atoms with Gasteiger partial charge in [0.2, 0.25) is 0 Å². The average molecular weight is 1550 g/mol. The van der Waals surface area contributed by atoms with E-state index in [4.69, 9.17) is 37.0 Å². The fraction of sp³-hybridized carbons (Fsp3) is 0.954. The van der Waals surface area contributed by atoms with Gasteiger partial charge in [0.05, 0.1) is 26.4 Å². The number of carbonyl (C=O) groups is 4. The van der Waals surface area contributed by atoms with Crippen molar-refractivity contribution in [2.45, 2.75) is 490 Å². The van der Waals surface area contributed by atoms with Gasteiger partial charge >= 0.3 is 39.5 Å². The van der Waals surface area contributed by atoms with E-state index in [-0.39, 0.29) is 25.7 Å². The molecular weight excluding hydrogens is 1380 g/mol. The highest BCUT2D eigenvalue weighted by atomic mass is 31.2. The fourth-order valence-corrected chi connectivity index (χ4v) is 15.2. The standard InChI is InChI=1S/C87H170O17P2/c1-6-9-12-15-18-21-23-25-27-29-31-33-34-36-38-40-42-47-52-57-62-67-72-86(91)104-83(77-98-85(90)71-66-61-56-51-46-41-39-37-35-32-30-28-26-24-22-19-16-13-10-7-2)79-102-106(95,96)100-75-81(88)74-99-105(93,94)101-78-82(76-97-84(89)70-65-60-55-49-20-17-14-11-8-3)103-87(92)73-68-63-58-53-48-44-43-45-50-54-59-64-69-80(4)5/h80-83,88H,6-79H2,1-5H3,(H,93,94)(H,95,96)/t81-,82+,83+/m0/s1. The van der Waals surface area contributed by atoms with Crippen LogP contribution in [0.1, 0.15) is 471 Å². The van der Waals surface area contributed by atoms with E-state index in [2.05, 4.69) is 34.6 Å². The molecule has 630 valence electrons. The Kier molecular flexibility index (Phi) is 78.2. The predicted octanol–water partition coefficient (Wildman–Crippen LogP) is 26.8. The molecule has 0 heterocycles. The summed E-state index contributed by atoms with van der Waals surface area (Å²) in [6, 6.07) is 0. The molecule has 5 atom stereocenters. The van der Waals surface area contributed by atoms with Crippen LogP contribution in [0.15, 0.2) is 0 Å². The van der Waals surface area contributed by atoms with Gasteiger partial charge in [-0.1, -0.05) is 420 Å². The monoisotopic (exact) mass is 1550 g/mol. The lowest BCUT2D eigenvalue weighted by Gasteiger charge is -2.21. The SMILES string of the molecule is CCCCCCCCCCCCCCCCCCCCCCCCC(=O)O[C@H](COC(=O)CCCCCCCCCCCCCCCCCCCCCC)COP(=O)(O)OC[C@@H](O)COP(=O)(O)OC[C@@H](COC(=O)CCCCCCCCCCC)OC(=O)CCCCCCCCCCCCCCC(C)C. The molecule has 0 fully saturated rings. The van der Waals surface area contributed by atoms with Crippen molar-refractivity contribution in [3.8, 4) is 0 Å². The van der Waals surface area contributed by atoms with Crippen LogP contribution in [-0.2, 0) is 65.4 Å². The summed E-state index contributed by atoms with van der Waals surface area (Å²) in [6.45, 7) is 7.35. The van der Waals surface area contributed by atoms with Gasteiger partial charge in [0.15, 0.2) is 12.2 Å². The molecule has 0 aromatic carbocycles. The van der Waals surface area contributed by atoms with E-state index < -0.39 is 97.5 Å². The zero-order chi connectivity index (χ0) is 77.6. The van der Waals surface area contributed by atoms with Crippen molar-refractivity contribution in [1.82, 2.24) is 0 Å². The highest BCUT2D eigenvalue weighted by Gasteiger charge is 2.30. The number of aliphatic hydroxyl groups is 1. The Morgan fingerprint density at radius 2 is 0.434 bits per heavy atom. The van der Waals surface area contributed by atoms with Crippen molar-refractivity contribution < 1.29 is 80.2 Å². The largest absolute Gasteiger partial charge is 0.472 e. The summed E-state index contributed by atoms with van der Waals surface area (Å²) < 4.78 is 68.9. The Balaban J connectivity index is 5.19. The number of aliphatic hydroxyl groups excluding tert-OH is 1. The molecule has 0 aliphatic heterocycles. The number of esters is 4. The van der Waals surface area contributed by atoms with Crippen LogP contribution in [0.4, 0.5) is 0 Å². The van der Waals surface area contributed by atoms with E-state index in [9.17, 15) is 43.2 Å². The summed E-state index contributed by atoms with van der Waals surface area (Å²) in [5.41, 5.74) is 0. The van der Waals surface area contributed by atoms with E-state index in [1.165, 1.54) is 295 Å². The quantitative estimate of drug-likeness (QED) is 0.0222. The fourth-order valence-electron chi connectivity index (χ4n) is 13.6. The molecule has 3 N–H and O–H groups in total. The Labute approximate surface area is 651 Å². The molecule has 0 bridgehead atoms. The second-order valence-electron chi connectivity index (χ2n) is 31.8. The lowest BCUT2D eigenvalue weighted by atomic mass is 10.0. The maximum absolute atomic E-state index is 13.2. The maximum atomic E-state index is 13.2. The third-order valence-corrected chi connectivity index (χ3v) is 22.4. The Bertz CT molecular complexity index is 2010. The summed E-state index contributed by atoms with van der Waals surface area (Å²) in [7, 11) is -9.92. The summed E-state index contributed by atoms with van der Waals surface area (Å²) in [5.74, 6) is -1.32. The molecule has 19 heteroatoms. The molecule has 0 radical (unpaired) electrons. The summed E-state index contributed by atoms with van der Waals surface area (Å²) in [4.78, 5) is 73.2. The number of unbranched alkanes of at least 4 members (excludes halogenated alkanes) is 59. The lowest BCUT2D eigenvalue weighted by Crippen LogP contribution is -2.30. The Hall–Kier alpha value is -1.94. The van der Waals surface area contributed by atoms with Crippen LogP contribution in [0.2, 0.25) is 0 Å².